The first kappa shape index (κ1) is 11.5. The summed E-state index contributed by atoms with van der Waals surface area (Å²) in [6.45, 7) is 3.55. The van der Waals surface area contributed by atoms with E-state index in [-0.39, 0.29) is 5.02 Å². The van der Waals surface area contributed by atoms with Crippen LogP contribution >= 0.6 is 11.6 Å². The number of anilines is 1. The van der Waals surface area contributed by atoms with Gasteiger partial charge in [0, 0.05) is 37.9 Å². The molecule has 0 radical (unpaired) electrons. The Hall–Kier alpha value is -1.00. The first-order chi connectivity index (χ1) is 7.72. The highest BCUT2D eigenvalue weighted by Gasteiger charge is 2.15. The summed E-state index contributed by atoms with van der Waals surface area (Å²) in [4.78, 5) is 2.11. The summed E-state index contributed by atoms with van der Waals surface area (Å²) in [6.07, 6.45) is 0. The van der Waals surface area contributed by atoms with Crippen LogP contribution in [-0.2, 0) is 0 Å². The van der Waals surface area contributed by atoms with Crippen LogP contribution in [0.15, 0.2) is 12.1 Å². The topological polar surface area (TPSA) is 24.5 Å². The van der Waals surface area contributed by atoms with Gasteiger partial charge in [0.05, 0.1) is 7.11 Å². The zero-order valence-corrected chi connectivity index (χ0v) is 9.85. The minimum Gasteiger partial charge on any atom is -0.495 e. The molecule has 1 aliphatic rings. The molecular weight excluding hydrogens is 231 g/mol. The van der Waals surface area contributed by atoms with Crippen molar-refractivity contribution in [2.75, 3.05) is 38.2 Å². The molecule has 0 aromatic heterocycles. The average molecular weight is 245 g/mol. The zero-order chi connectivity index (χ0) is 11.5. The molecule has 88 valence electrons. The van der Waals surface area contributed by atoms with Crippen molar-refractivity contribution >= 4 is 17.3 Å². The summed E-state index contributed by atoms with van der Waals surface area (Å²) in [6, 6.07) is 3.23. The minimum absolute atomic E-state index is 0.0429. The molecule has 1 heterocycles. The van der Waals surface area contributed by atoms with E-state index in [1.165, 1.54) is 13.2 Å². The van der Waals surface area contributed by atoms with Crippen LogP contribution in [0.2, 0.25) is 5.02 Å². The van der Waals surface area contributed by atoms with Crippen molar-refractivity contribution in [1.82, 2.24) is 5.32 Å². The van der Waals surface area contributed by atoms with E-state index in [1.54, 1.807) is 6.07 Å². The van der Waals surface area contributed by atoms with Crippen molar-refractivity contribution in [2.24, 2.45) is 0 Å². The van der Waals surface area contributed by atoms with E-state index in [1.807, 2.05) is 0 Å². The highest BCUT2D eigenvalue weighted by atomic mass is 35.5. The second-order valence-electron chi connectivity index (χ2n) is 3.68. The number of rotatable bonds is 2. The third-order valence-corrected chi connectivity index (χ3v) is 3.05. The number of methoxy groups -OCH3 is 1. The smallest absolute Gasteiger partial charge is 0.147 e. The molecule has 0 unspecified atom stereocenters. The minimum atomic E-state index is -0.436. The van der Waals surface area contributed by atoms with Gasteiger partial charge in [-0.15, -0.1) is 0 Å². The Balaban J connectivity index is 2.29. The van der Waals surface area contributed by atoms with E-state index in [9.17, 15) is 4.39 Å². The van der Waals surface area contributed by atoms with Crippen molar-refractivity contribution in [3.8, 4) is 5.75 Å². The van der Waals surface area contributed by atoms with Crippen LogP contribution in [0.3, 0.4) is 0 Å². The van der Waals surface area contributed by atoms with Crippen LogP contribution in [0.25, 0.3) is 0 Å². The van der Waals surface area contributed by atoms with E-state index < -0.39 is 5.82 Å². The SMILES string of the molecule is COc1cc(N2CCNCC2)cc(F)c1Cl. The molecule has 3 nitrogen and oxygen atoms in total. The average Bonchev–Trinajstić information content (AvgIpc) is 2.33. The standard InChI is InChI=1S/C11H14ClFN2O/c1-16-10-7-8(6-9(13)11(10)12)15-4-2-14-3-5-15/h6-7,14H,2-5H2,1H3. The second-order valence-corrected chi connectivity index (χ2v) is 4.06. The van der Waals surface area contributed by atoms with Gasteiger partial charge in [-0.2, -0.15) is 0 Å². The predicted octanol–water partition coefficient (Wildman–Crippen LogP) is 1.90. The summed E-state index contributed by atoms with van der Waals surface area (Å²) in [7, 11) is 1.49. The maximum absolute atomic E-state index is 13.5. The summed E-state index contributed by atoms with van der Waals surface area (Å²) in [5.74, 6) is -0.0512. The van der Waals surface area contributed by atoms with Gasteiger partial charge >= 0.3 is 0 Å². The Morgan fingerprint density at radius 2 is 2.06 bits per heavy atom. The molecule has 0 spiro atoms. The van der Waals surface area contributed by atoms with E-state index >= 15 is 0 Å². The fourth-order valence-electron chi connectivity index (χ4n) is 1.80. The summed E-state index contributed by atoms with van der Waals surface area (Å²) in [5.41, 5.74) is 0.820. The van der Waals surface area contributed by atoms with Crippen molar-refractivity contribution in [3.63, 3.8) is 0 Å². The fourth-order valence-corrected chi connectivity index (χ4v) is 1.99. The number of nitrogens with one attached hydrogen (secondary N) is 1. The Morgan fingerprint density at radius 1 is 1.38 bits per heavy atom. The molecule has 1 N–H and O–H groups in total. The lowest BCUT2D eigenvalue weighted by Gasteiger charge is -2.29. The Morgan fingerprint density at radius 3 is 2.69 bits per heavy atom. The summed E-state index contributed by atoms with van der Waals surface area (Å²) < 4.78 is 18.6. The predicted molar refractivity (Wildman–Crippen MR) is 63.0 cm³/mol. The number of ether oxygens (including phenoxy) is 1. The first-order valence-electron chi connectivity index (χ1n) is 5.21. The van der Waals surface area contributed by atoms with E-state index in [4.69, 9.17) is 16.3 Å². The van der Waals surface area contributed by atoms with Gasteiger partial charge in [-0.3, -0.25) is 0 Å². The monoisotopic (exact) mass is 244 g/mol. The van der Waals surface area contributed by atoms with Crippen LogP contribution in [0, 0.1) is 5.82 Å². The molecule has 1 aliphatic heterocycles. The molecule has 16 heavy (non-hydrogen) atoms. The number of hydrogen-bond acceptors (Lipinski definition) is 3. The van der Waals surface area contributed by atoms with Crippen molar-refractivity contribution < 1.29 is 9.13 Å². The maximum atomic E-state index is 13.5. The Kier molecular flexibility index (Phi) is 3.51. The van der Waals surface area contributed by atoms with Crippen LogP contribution in [0.5, 0.6) is 5.75 Å². The van der Waals surface area contributed by atoms with Crippen LogP contribution in [-0.4, -0.2) is 33.3 Å². The molecule has 0 bridgehead atoms. The maximum Gasteiger partial charge on any atom is 0.147 e. The lowest BCUT2D eigenvalue weighted by Crippen LogP contribution is -2.43. The zero-order valence-electron chi connectivity index (χ0n) is 9.09. The molecule has 0 atom stereocenters. The van der Waals surface area contributed by atoms with Gasteiger partial charge in [-0.05, 0) is 6.07 Å². The number of halogens is 2. The second kappa shape index (κ2) is 4.89. The van der Waals surface area contributed by atoms with Crippen LogP contribution in [0.4, 0.5) is 10.1 Å². The third kappa shape index (κ3) is 2.23. The summed E-state index contributed by atoms with van der Waals surface area (Å²) >= 11 is 5.77. The van der Waals surface area contributed by atoms with E-state index in [0.717, 1.165) is 31.9 Å². The van der Waals surface area contributed by atoms with Crippen LogP contribution < -0.4 is 15.0 Å². The molecule has 0 aliphatic carbocycles. The molecule has 2 rings (SSSR count). The largest absolute Gasteiger partial charge is 0.495 e. The van der Waals surface area contributed by atoms with Gasteiger partial charge in [0.25, 0.3) is 0 Å². The fraction of sp³-hybridized carbons (Fsp3) is 0.455. The van der Waals surface area contributed by atoms with Crippen molar-refractivity contribution in [2.45, 2.75) is 0 Å². The highest BCUT2D eigenvalue weighted by molar-refractivity contribution is 6.32. The molecular formula is C11H14ClFN2O. The van der Waals surface area contributed by atoms with Gasteiger partial charge in [-0.1, -0.05) is 11.6 Å². The molecule has 0 saturated carbocycles. The van der Waals surface area contributed by atoms with Gasteiger partial charge in [0.15, 0.2) is 0 Å². The molecule has 1 aromatic rings. The number of nitrogens with zero attached hydrogens (tertiary/aromatic N) is 1. The van der Waals surface area contributed by atoms with Gasteiger partial charge in [0.2, 0.25) is 0 Å². The quantitative estimate of drug-likeness (QED) is 0.860. The van der Waals surface area contributed by atoms with E-state index in [2.05, 4.69) is 10.2 Å². The first-order valence-corrected chi connectivity index (χ1v) is 5.59. The Bertz CT molecular complexity index is 380. The number of benzene rings is 1. The Labute approximate surface area is 99.1 Å². The van der Waals surface area contributed by atoms with Gasteiger partial charge < -0.3 is 15.0 Å². The molecule has 5 heteroatoms. The molecule has 1 aromatic carbocycles. The molecule has 1 fully saturated rings. The van der Waals surface area contributed by atoms with Crippen LogP contribution in [0.1, 0.15) is 0 Å². The van der Waals surface area contributed by atoms with Crippen molar-refractivity contribution in [1.29, 1.82) is 0 Å². The van der Waals surface area contributed by atoms with Gasteiger partial charge in [-0.25, -0.2) is 4.39 Å². The molecule has 1 saturated heterocycles. The number of piperazine rings is 1. The third-order valence-electron chi connectivity index (χ3n) is 2.68. The lowest BCUT2D eigenvalue weighted by atomic mass is 10.2. The van der Waals surface area contributed by atoms with Crippen molar-refractivity contribution in [3.05, 3.63) is 23.0 Å². The summed E-state index contributed by atoms with van der Waals surface area (Å²) in [5, 5.41) is 3.29. The number of hydrogen-bond donors (Lipinski definition) is 1. The van der Waals surface area contributed by atoms with Gasteiger partial charge in [0.1, 0.15) is 16.6 Å². The lowest BCUT2D eigenvalue weighted by molar-refractivity contribution is 0.411. The van der Waals surface area contributed by atoms with E-state index in [0.29, 0.717) is 5.75 Å². The molecule has 0 amide bonds. The normalized spacial score (nSPS) is 16.3. The highest BCUT2D eigenvalue weighted by Crippen LogP contribution is 2.32.